The van der Waals surface area contributed by atoms with E-state index in [0.717, 1.165) is 43.9 Å². The first-order valence-electron chi connectivity index (χ1n) is 14.3. The van der Waals surface area contributed by atoms with Crippen molar-refractivity contribution in [2.45, 2.75) is 0 Å². The topological polar surface area (TPSA) is 26.3 Å². The van der Waals surface area contributed by atoms with Gasteiger partial charge in [-0.2, -0.15) is 0 Å². The molecule has 42 heavy (non-hydrogen) atoms. The molecule has 8 aromatic carbocycles. The molecule has 2 heteroatoms. The molecule has 0 spiro atoms. The minimum absolute atomic E-state index is 0.925. The van der Waals surface area contributed by atoms with Gasteiger partial charge in [-0.3, -0.25) is 0 Å². The minimum Gasteiger partial charge on any atom is -0.456 e. The van der Waals surface area contributed by atoms with Crippen LogP contribution in [-0.2, 0) is 0 Å². The SMILES string of the molecule is c1ccc2c(c1)oc1ccc(-c3cc4ccc5cc(-c6ccc7oc8ccccc8c7c6)cc6ccc(c3)c4c56)cc12. The number of para-hydroxylation sites is 2. The molecule has 0 saturated carbocycles. The molecule has 0 amide bonds. The molecule has 0 atom stereocenters. The van der Waals surface area contributed by atoms with E-state index >= 15 is 0 Å². The predicted molar refractivity (Wildman–Crippen MR) is 176 cm³/mol. The molecule has 0 aliphatic carbocycles. The number of benzene rings is 8. The van der Waals surface area contributed by atoms with Crippen LogP contribution >= 0.6 is 0 Å². The third-order valence-electron chi connectivity index (χ3n) is 8.95. The molecule has 0 unspecified atom stereocenters. The molecular weight excluding hydrogens is 512 g/mol. The van der Waals surface area contributed by atoms with Gasteiger partial charge in [0.15, 0.2) is 0 Å². The van der Waals surface area contributed by atoms with Crippen LogP contribution in [-0.4, -0.2) is 0 Å². The van der Waals surface area contributed by atoms with Crippen LogP contribution in [0.15, 0.2) is 142 Å². The van der Waals surface area contributed by atoms with E-state index in [1.165, 1.54) is 54.6 Å². The highest BCUT2D eigenvalue weighted by Gasteiger charge is 2.14. The van der Waals surface area contributed by atoms with Gasteiger partial charge in [0.25, 0.3) is 0 Å². The molecular formula is C40H22O2. The van der Waals surface area contributed by atoms with Crippen LogP contribution in [0.25, 0.3) is 98.4 Å². The molecule has 10 aromatic rings. The lowest BCUT2D eigenvalue weighted by atomic mass is 9.89. The van der Waals surface area contributed by atoms with Gasteiger partial charge in [-0.15, -0.1) is 0 Å². The van der Waals surface area contributed by atoms with Crippen LogP contribution in [0.2, 0.25) is 0 Å². The normalized spacial score (nSPS) is 12.3. The monoisotopic (exact) mass is 534 g/mol. The molecule has 2 nitrogen and oxygen atoms in total. The number of furan rings is 2. The number of hydrogen-bond donors (Lipinski definition) is 0. The third kappa shape index (κ3) is 3.04. The molecule has 0 saturated heterocycles. The molecule has 0 aliphatic heterocycles. The zero-order chi connectivity index (χ0) is 27.4. The molecule has 0 N–H and O–H groups in total. The summed E-state index contributed by atoms with van der Waals surface area (Å²) in [6.07, 6.45) is 0. The number of fused-ring (bicyclic) bond motifs is 6. The van der Waals surface area contributed by atoms with Gasteiger partial charge in [0, 0.05) is 21.5 Å². The number of rotatable bonds is 2. The molecule has 0 bridgehead atoms. The van der Waals surface area contributed by atoms with E-state index in [9.17, 15) is 0 Å². The maximum atomic E-state index is 6.08. The lowest BCUT2D eigenvalue weighted by molar-refractivity contribution is 0.668. The highest BCUT2D eigenvalue weighted by molar-refractivity contribution is 6.24. The summed E-state index contributed by atoms with van der Waals surface area (Å²) in [7, 11) is 0. The van der Waals surface area contributed by atoms with Crippen LogP contribution in [0, 0.1) is 0 Å². The summed E-state index contributed by atoms with van der Waals surface area (Å²) in [5.74, 6) is 0. The Morgan fingerprint density at radius 2 is 0.667 bits per heavy atom. The zero-order valence-electron chi connectivity index (χ0n) is 22.5. The largest absolute Gasteiger partial charge is 0.456 e. The Labute approximate surface area is 240 Å². The van der Waals surface area contributed by atoms with E-state index in [0.29, 0.717) is 0 Å². The zero-order valence-corrected chi connectivity index (χ0v) is 22.5. The van der Waals surface area contributed by atoms with Crippen LogP contribution in [0.4, 0.5) is 0 Å². The van der Waals surface area contributed by atoms with E-state index in [1.54, 1.807) is 0 Å². The second-order valence-electron chi connectivity index (χ2n) is 11.3. The van der Waals surface area contributed by atoms with Gasteiger partial charge in [0.2, 0.25) is 0 Å². The van der Waals surface area contributed by atoms with Crippen molar-refractivity contribution in [1.82, 2.24) is 0 Å². The van der Waals surface area contributed by atoms with Crippen molar-refractivity contribution in [3.8, 4) is 22.3 Å². The Kier molecular flexibility index (Phi) is 4.21. The van der Waals surface area contributed by atoms with Crippen molar-refractivity contribution in [3.63, 3.8) is 0 Å². The molecule has 10 rings (SSSR count). The smallest absolute Gasteiger partial charge is 0.135 e. The van der Waals surface area contributed by atoms with Crippen LogP contribution in [0.5, 0.6) is 0 Å². The van der Waals surface area contributed by atoms with Crippen molar-refractivity contribution < 1.29 is 8.83 Å². The van der Waals surface area contributed by atoms with E-state index in [2.05, 4.69) is 109 Å². The van der Waals surface area contributed by atoms with Crippen LogP contribution < -0.4 is 0 Å². The minimum atomic E-state index is 0.925. The van der Waals surface area contributed by atoms with Crippen LogP contribution in [0.3, 0.4) is 0 Å². The first-order chi connectivity index (χ1) is 20.8. The average molecular weight is 535 g/mol. The molecule has 194 valence electrons. The van der Waals surface area contributed by atoms with Crippen molar-refractivity contribution in [2.75, 3.05) is 0 Å². The summed E-state index contributed by atoms with van der Waals surface area (Å²) in [4.78, 5) is 0. The Morgan fingerprint density at radius 3 is 1.10 bits per heavy atom. The summed E-state index contributed by atoms with van der Waals surface area (Å²) in [6.45, 7) is 0. The van der Waals surface area contributed by atoms with Gasteiger partial charge in [0.05, 0.1) is 0 Å². The van der Waals surface area contributed by atoms with Crippen LogP contribution in [0.1, 0.15) is 0 Å². The standard InChI is InChI=1S/C40H22O2/c1-3-7-35-31(5-1)33-21-23(13-15-37(33)41-35)29-17-25-9-11-27-19-30(20-28-12-10-26(18-29)39(25)40(27)28)24-14-16-38-34(22-24)32-6-2-4-8-36(32)42-38/h1-22H. The van der Waals surface area contributed by atoms with E-state index in [4.69, 9.17) is 8.83 Å². The van der Waals surface area contributed by atoms with Crippen molar-refractivity contribution in [1.29, 1.82) is 0 Å². The fraction of sp³-hybridized carbons (Fsp3) is 0. The molecule has 0 fully saturated rings. The third-order valence-corrected chi connectivity index (χ3v) is 8.95. The highest BCUT2D eigenvalue weighted by Crippen LogP contribution is 2.41. The maximum Gasteiger partial charge on any atom is 0.135 e. The summed E-state index contributed by atoms with van der Waals surface area (Å²) in [5, 5.41) is 12.3. The van der Waals surface area contributed by atoms with Gasteiger partial charge in [0.1, 0.15) is 22.3 Å². The molecule has 2 heterocycles. The molecule has 2 aromatic heterocycles. The fourth-order valence-corrected chi connectivity index (χ4v) is 6.98. The van der Waals surface area contributed by atoms with Gasteiger partial charge >= 0.3 is 0 Å². The summed E-state index contributed by atoms with van der Waals surface area (Å²) in [5.41, 5.74) is 8.54. The predicted octanol–water partition coefficient (Wildman–Crippen LogP) is 11.7. The van der Waals surface area contributed by atoms with Gasteiger partial charge < -0.3 is 8.83 Å². The quantitative estimate of drug-likeness (QED) is 0.206. The Balaban J connectivity index is 1.14. The first-order valence-corrected chi connectivity index (χ1v) is 14.3. The van der Waals surface area contributed by atoms with Crippen molar-refractivity contribution in [2.24, 2.45) is 0 Å². The lowest BCUT2D eigenvalue weighted by Gasteiger charge is -2.14. The summed E-state index contributed by atoms with van der Waals surface area (Å²) in [6, 6.07) is 48.0. The van der Waals surface area contributed by atoms with Gasteiger partial charge in [-0.05, 0) is 115 Å². The summed E-state index contributed by atoms with van der Waals surface area (Å²) >= 11 is 0. The molecule has 0 aliphatic rings. The van der Waals surface area contributed by atoms with E-state index in [1.807, 2.05) is 24.3 Å². The second-order valence-corrected chi connectivity index (χ2v) is 11.3. The number of hydrogen-bond acceptors (Lipinski definition) is 2. The average Bonchev–Trinajstić information content (AvgIpc) is 3.60. The summed E-state index contributed by atoms with van der Waals surface area (Å²) < 4.78 is 12.2. The van der Waals surface area contributed by atoms with E-state index in [-0.39, 0.29) is 0 Å². The van der Waals surface area contributed by atoms with Crippen molar-refractivity contribution in [3.05, 3.63) is 133 Å². The van der Waals surface area contributed by atoms with Gasteiger partial charge in [-0.1, -0.05) is 72.8 Å². The fourth-order valence-electron chi connectivity index (χ4n) is 6.98. The van der Waals surface area contributed by atoms with Crippen molar-refractivity contribution >= 4 is 76.2 Å². The van der Waals surface area contributed by atoms with E-state index < -0.39 is 0 Å². The Hall–Kier alpha value is -5.60. The second kappa shape index (κ2) is 7.99. The Morgan fingerprint density at radius 1 is 0.286 bits per heavy atom. The lowest BCUT2D eigenvalue weighted by Crippen LogP contribution is -1.87. The maximum absolute atomic E-state index is 6.08. The Bertz CT molecular complexity index is 2430. The first kappa shape index (κ1) is 22.1. The van der Waals surface area contributed by atoms with Gasteiger partial charge in [-0.25, -0.2) is 0 Å². The molecule has 0 radical (unpaired) electrons. The highest BCUT2D eigenvalue weighted by atomic mass is 16.3.